The van der Waals surface area contributed by atoms with Crippen molar-refractivity contribution in [3.63, 3.8) is 0 Å². The van der Waals surface area contributed by atoms with E-state index in [-0.39, 0.29) is 0 Å². The molecule has 0 saturated heterocycles. The molecule has 0 aliphatic rings. The van der Waals surface area contributed by atoms with Crippen LogP contribution in [0.1, 0.15) is 43.2 Å². The van der Waals surface area contributed by atoms with Crippen molar-refractivity contribution < 1.29 is 0 Å². The quantitative estimate of drug-likeness (QED) is 0.797. The highest BCUT2D eigenvalue weighted by molar-refractivity contribution is 7.15. The summed E-state index contributed by atoms with van der Waals surface area (Å²) in [6.07, 6.45) is 2.26. The normalized spacial score (nSPS) is 13.0. The van der Waals surface area contributed by atoms with Crippen molar-refractivity contribution in [2.24, 2.45) is 5.73 Å². The van der Waals surface area contributed by atoms with Crippen LogP contribution < -0.4 is 10.6 Å². The second-order valence-corrected chi connectivity index (χ2v) is 6.46. The van der Waals surface area contributed by atoms with Gasteiger partial charge in [0, 0.05) is 25.0 Å². The van der Waals surface area contributed by atoms with Crippen molar-refractivity contribution in [3.8, 4) is 0 Å². The van der Waals surface area contributed by atoms with Gasteiger partial charge in [-0.3, -0.25) is 0 Å². The Hall–Kier alpha value is -0.650. The zero-order chi connectivity index (χ0) is 14.4. The molecule has 0 spiro atoms. The Bertz CT molecular complexity index is 376. The van der Waals surface area contributed by atoms with Crippen LogP contribution >= 0.6 is 11.3 Å². The molecule has 19 heavy (non-hydrogen) atoms. The van der Waals surface area contributed by atoms with Gasteiger partial charge in [-0.25, -0.2) is 4.98 Å². The topological polar surface area (TPSA) is 45.4 Å². The molecular weight excluding hydrogens is 256 g/mol. The number of hydrogen-bond acceptors (Lipinski definition) is 5. The molecule has 0 aliphatic heterocycles. The smallest absolute Gasteiger partial charge is 0.185 e. The van der Waals surface area contributed by atoms with Crippen LogP contribution in [0, 0.1) is 0 Å². The summed E-state index contributed by atoms with van der Waals surface area (Å²) in [4.78, 5) is 10.5. The fourth-order valence-corrected chi connectivity index (χ4v) is 3.00. The molecule has 0 fully saturated rings. The molecule has 2 N–H and O–H groups in total. The van der Waals surface area contributed by atoms with Gasteiger partial charge in [0.25, 0.3) is 0 Å². The summed E-state index contributed by atoms with van der Waals surface area (Å²) in [5.74, 6) is 0.499. The molecule has 1 unspecified atom stereocenters. The predicted octanol–water partition coefficient (Wildman–Crippen LogP) is 2.50. The fourth-order valence-electron chi connectivity index (χ4n) is 1.96. The van der Waals surface area contributed by atoms with Gasteiger partial charge < -0.3 is 15.5 Å². The lowest BCUT2D eigenvalue weighted by molar-refractivity contribution is 0.401. The van der Waals surface area contributed by atoms with Gasteiger partial charge in [0.2, 0.25) is 0 Å². The van der Waals surface area contributed by atoms with E-state index in [2.05, 4.69) is 44.8 Å². The summed E-state index contributed by atoms with van der Waals surface area (Å²) in [6.45, 7) is 7.17. The van der Waals surface area contributed by atoms with Gasteiger partial charge in [-0.05, 0) is 39.4 Å². The minimum absolute atomic E-state index is 0.499. The van der Waals surface area contributed by atoms with E-state index in [9.17, 15) is 0 Å². The monoisotopic (exact) mass is 284 g/mol. The minimum Gasteiger partial charge on any atom is -0.351 e. The highest BCUT2D eigenvalue weighted by Crippen LogP contribution is 2.31. The van der Waals surface area contributed by atoms with Crippen LogP contribution in [0.4, 0.5) is 5.13 Å². The zero-order valence-corrected chi connectivity index (χ0v) is 13.8. The number of nitrogens with zero attached hydrogens (tertiary/aromatic N) is 3. The molecule has 0 bridgehead atoms. The Morgan fingerprint density at radius 2 is 1.95 bits per heavy atom. The average molecular weight is 284 g/mol. The standard InChI is InChI=1S/C14H28N4S/c1-6-11(2)13-12(10-15)19-14(16-13)18(5)9-7-8-17(3)4/h11H,6-10,15H2,1-5H3. The molecule has 0 saturated carbocycles. The summed E-state index contributed by atoms with van der Waals surface area (Å²) >= 11 is 1.75. The summed E-state index contributed by atoms with van der Waals surface area (Å²) in [6, 6.07) is 0. The van der Waals surface area contributed by atoms with Crippen LogP contribution in [0.25, 0.3) is 0 Å². The zero-order valence-electron chi connectivity index (χ0n) is 12.9. The molecule has 1 heterocycles. The van der Waals surface area contributed by atoms with Crippen LogP contribution in [0.3, 0.4) is 0 Å². The Kier molecular flexibility index (Phi) is 6.75. The lowest BCUT2D eigenvalue weighted by Crippen LogP contribution is -2.23. The lowest BCUT2D eigenvalue weighted by Gasteiger charge is -2.17. The predicted molar refractivity (Wildman–Crippen MR) is 85.2 cm³/mol. The maximum absolute atomic E-state index is 5.84. The molecule has 0 radical (unpaired) electrons. The molecule has 1 rings (SSSR count). The van der Waals surface area contributed by atoms with E-state index in [4.69, 9.17) is 10.7 Å². The molecule has 4 nitrogen and oxygen atoms in total. The first kappa shape index (κ1) is 16.4. The van der Waals surface area contributed by atoms with Gasteiger partial charge in [0.1, 0.15) is 0 Å². The summed E-state index contributed by atoms with van der Waals surface area (Å²) in [5, 5.41) is 1.11. The Morgan fingerprint density at radius 3 is 2.47 bits per heavy atom. The van der Waals surface area contributed by atoms with Crippen molar-refractivity contribution in [1.29, 1.82) is 0 Å². The van der Waals surface area contributed by atoms with Crippen LogP contribution in [0.15, 0.2) is 0 Å². The van der Waals surface area contributed by atoms with Crippen LogP contribution in [0.2, 0.25) is 0 Å². The van der Waals surface area contributed by atoms with Crippen molar-refractivity contribution in [2.75, 3.05) is 39.1 Å². The largest absolute Gasteiger partial charge is 0.351 e. The van der Waals surface area contributed by atoms with E-state index in [1.807, 2.05) is 0 Å². The minimum atomic E-state index is 0.499. The molecule has 1 aromatic rings. The van der Waals surface area contributed by atoms with E-state index in [0.29, 0.717) is 12.5 Å². The summed E-state index contributed by atoms with van der Waals surface area (Å²) in [5.41, 5.74) is 7.04. The first-order valence-corrected chi connectivity index (χ1v) is 7.86. The summed E-state index contributed by atoms with van der Waals surface area (Å²) in [7, 11) is 6.34. The fraction of sp³-hybridized carbons (Fsp3) is 0.786. The average Bonchev–Trinajstić information content (AvgIpc) is 2.81. The van der Waals surface area contributed by atoms with Crippen molar-refractivity contribution in [2.45, 2.75) is 39.2 Å². The molecule has 1 aromatic heterocycles. The Balaban J connectivity index is 2.69. The third-order valence-corrected chi connectivity index (χ3v) is 4.61. The second-order valence-electron chi connectivity index (χ2n) is 5.40. The summed E-state index contributed by atoms with van der Waals surface area (Å²) < 4.78 is 0. The van der Waals surface area contributed by atoms with Gasteiger partial charge in [0.05, 0.1) is 5.69 Å². The molecule has 0 amide bonds. The van der Waals surface area contributed by atoms with E-state index >= 15 is 0 Å². The molecule has 0 aromatic carbocycles. The van der Waals surface area contributed by atoms with Gasteiger partial charge in [-0.15, -0.1) is 11.3 Å². The number of nitrogens with two attached hydrogens (primary N) is 1. The number of aromatic nitrogens is 1. The maximum Gasteiger partial charge on any atom is 0.185 e. The first-order valence-electron chi connectivity index (χ1n) is 7.05. The van der Waals surface area contributed by atoms with Crippen molar-refractivity contribution >= 4 is 16.5 Å². The van der Waals surface area contributed by atoms with E-state index in [0.717, 1.165) is 31.1 Å². The number of anilines is 1. The molecule has 110 valence electrons. The lowest BCUT2D eigenvalue weighted by atomic mass is 10.0. The number of hydrogen-bond donors (Lipinski definition) is 1. The van der Waals surface area contributed by atoms with Crippen molar-refractivity contribution in [1.82, 2.24) is 9.88 Å². The second kappa shape index (κ2) is 7.82. The third kappa shape index (κ3) is 4.75. The van der Waals surface area contributed by atoms with Gasteiger partial charge >= 0.3 is 0 Å². The van der Waals surface area contributed by atoms with Gasteiger partial charge in [-0.1, -0.05) is 13.8 Å². The third-order valence-electron chi connectivity index (χ3n) is 3.41. The molecule has 5 heteroatoms. The van der Waals surface area contributed by atoms with Crippen LogP contribution in [-0.2, 0) is 6.54 Å². The maximum atomic E-state index is 5.84. The van der Waals surface area contributed by atoms with Crippen LogP contribution in [-0.4, -0.2) is 44.1 Å². The number of rotatable bonds is 8. The van der Waals surface area contributed by atoms with E-state index < -0.39 is 0 Å². The highest BCUT2D eigenvalue weighted by atomic mass is 32.1. The SMILES string of the molecule is CCC(C)c1nc(N(C)CCCN(C)C)sc1CN. The van der Waals surface area contributed by atoms with Crippen molar-refractivity contribution in [3.05, 3.63) is 10.6 Å². The molecular formula is C14H28N4S. The first-order chi connectivity index (χ1) is 8.99. The highest BCUT2D eigenvalue weighted by Gasteiger charge is 2.16. The van der Waals surface area contributed by atoms with Crippen LogP contribution in [0.5, 0.6) is 0 Å². The van der Waals surface area contributed by atoms with E-state index in [1.165, 1.54) is 10.6 Å². The van der Waals surface area contributed by atoms with Gasteiger partial charge in [-0.2, -0.15) is 0 Å². The Labute approximate surface area is 121 Å². The Morgan fingerprint density at radius 1 is 1.26 bits per heavy atom. The molecule has 1 atom stereocenters. The molecule has 0 aliphatic carbocycles. The van der Waals surface area contributed by atoms with Gasteiger partial charge in [0.15, 0.2) is 5.13 Å². The number of thiazole rings is 1. The van der Waals surface area contributed by atoms with E-state index in [1.54, 1.807) is 11.3 Å².